The molecule has 31 heavy (non-hydrogen) atoms. The van der Waals surface area contributed by atoms with Gasteiger partial charge < -0.3 is 20.1 Å². The van der Waals surface area contributed by atoms with Crippen molar-refractivity contribution in [1.82, 2.24) is 25.1 Å². The maximum absolute atomic E-state index is 13.3. The Hall–Kier alpha value is -3.18. The Morgan fingerprint density at radius 1 is 1.19 bits per heavy atom. The van der Waals surface area contributed by atoms with Gasteiger partial charge in [-0.2, -0.15) is 5.26 Å². The maximum Gasteiger partial charge on any atom is 0.272 e. The number of amides is 2. The van der Waals surface area contributed by atoms with Gasteiger partial charge in [0.2, 0.25) is 5.91 Å². The van der Waals surface area contributed by atoms with E-state index in [1.165, 1.54) is 0 Å². The lowest BCUT2D eigenvalue weighted by molar-refractivity contribution is -0.124. The van der Waals surface area contributed by atoms with E-state index in [-0.39, 0.29) is 11.8 Å². The van der Waals surface area contributed by atoms with Crippen LogP contribution in [0.4, 0.5) is 0 Å². The van der Waals surface area contributed by atoms with E-state index in [0.717, 1.165) is 30.8 Å². The second kappa shape index (κ2) is 8.90. The Morgan fingerprint density at radius 3 is 2.45 bits per heavy atom. The number of imidazole rings is 1. The number of carbonyl (C=O) groups excluding carboxylic acids is 2. The molecule has 0 fully saturated rings. The van der Waals surface area contributed by atoms with Crippen molar-refractivity contribution in [3.8, 4) is 17.5 Å². The van der Waals surface area contributed by atoms with Gasteiger partial charge in [-0.3, -0.25) is 9.59 Å². The second-order valence-corrected chi connectivity index (χ2v) is 9.05. The lowest BCUT2D eigenvalue weighted by atomic mass is 9.86. The minimum Gasteiger partial charge on any atom is -0.357 e. The Labute approximate surface area is 183 Å². The van der Waals surface area contributed by atoms with Gasteiger partial charge in [0, 0.05) is 25.7 Å². The summed E-state index contributed by atoms with van der Waals surface area (Å²) in [7, 11) is 3.59. The van der Waals surface area contributed by atoms with Gasteiger partial charge in [0.05, 0.1) is 17.3 Å². The summed E-state index contributed by atoms with van der Waals surface area (Å²) in [6, 6.07) is 8.64. The van der Waals surface area contributed by atoms with Crippen molar-refractivity contribution in [3.05, 3.63) is 41.2 Å². The molecular weight excluding hydrogens is 392 g/mol. The fourth-order valence-electron chi connectivity index (χ4n) is 3.84. The highest BCUT2D eigenvalue weighted by molar-refractivity contribution is 5.97. The molecule has 2 heterocycles. The smallest absolute Gasteiger partial charge is 0.272 e. The van der Waals surface area contributed by atoms with E-state index in [1.807, 2.05) is 40.0 Å². The average molecular weight is 423 g/mol. The molecule has 8 nitrogen and oxygen atoms in total. The summed E-state index contributed by atoms with van der Waals surface area (Å²) >= 11 is 0. The Morgan fingerprint density at radius 2 is 1.87 bits per heavy atom. The molecule has 0 spiro atoms. The molecule has 1 atom stereocenters. The summed E-state index contributed by atoms with van der Waals surface area (Å²) in [5.41, 5.74) is 2.14. The van der Waals surface area contributed by atoms with E-state index in [4.69, 9.17) is 10.2 Å². The van der Waals surface area contributed by atoms with Crippen molar-refractivity contribution >= 4 is 11.8 Å². The number of benzene rings is 1. The van der Waals surface area contributed by atoms with Gasteiger partial charge in [-0.15, -0.1) is 0 Å². The first kappa shape index (κ1) is 22.5. The zero-order valence-electron chi connectivity index (χ0n) is 18.8. The third kappa shape index (κ3) is 4.78. The third-order valence-electron chi connectivity index (χ3n) is 5.55. The number of nitriles is 1. The molecule has 2 N–H and O–H groups in total. The average Bonchev–Trinajstić information content (AvgIpc) is 2.97. The number of rotatable bonds is 4. The van der Waals surface area contributed by atoms with Gasteiger partial charge in [0.1, 0.15) is 11.9 Å². The molecule has 1 aromatic heterocycles. The summed E-state index contributed by atoms with van der Waals surface area (Å²) < 4.78 is 2.09. The third-order valence-corrected chi connectivity index (χ3v) is 5.55. The van der Waals surface area contributed by atoms with Crippen LogP contribution in [0.15, 0.2) is 24.3 Å². The number of likely N-dealkylation sites (N-methyl/N-ethyl adjacent to an activating group) is 1. The number of carbonyl (C=O) groups is 2. The topological polar surface area (TPSA) is 103 Å². The standard InChI is InChI=1S/C23H30N6O2/c1-23(2,3)19(22(31)25-4)27-21(30)18-17-14-28(5)11-6-12-29(17)20(26-18)16-9-7-15(13-24)8-10-16/h7-10,19H,6,11-12,14H2,1-5H3,(H,25,31)(H,27,30). The van der Waals surface area contributed by atoms with Crippen LogP contribution >= 0.6 is 0 Å². The highest BCUT2D eigenvalue weighted by Gasteiger charge is 2.34. The minimum atomic E-state index is -0.691. The fourth-order valence-corrected chi connectivity index (χ4v) is 3.84. The molecular formula is C23H30N6O2. The van der Waals surface area contributed by atoms with Crippen molar-refractivity contribution in [3.63, 3.8) is 0 Å². The van der Waals surface area contributed by atoms with Gasteiger partial charge in [-0.05, 0) is 49.7 Å². The van der Waals surface area contributed by atoms with Crippen molar-refractivity contribution in [2.24, 2.45) is 5.41 Å². The van der Waals surface area contributed by atoms with Crippen LogP contribution in [0, 0.1) is 16.7 Å². The van der Waals surface area contributed by atoms with Crippen LogP contribution in [-0.2, 0) is 17.9 Å². The molecule has 8 heteroatoms. The van der Waals surface area contributed by atoms with E-state index < -0.39 is 11.5 Å². The molecule has 2 aromatic rings. The molecule has 0 radical (unpaired) electrons. The molecule has 0 aliphatic carbocycles. The number of nitrogens with one attached hydrogen (secondary N) is 2. The van der Waals surface area contributed by atoms with Gasteiger partial charge in [0.25, 0.3) is 5.91 Å². The monoisotopic (exact) mass is 422 g/mol. The normalized spacial score (nSPS) is 15.4. The van der Waals surface area contributed by atoms with Gasteiger partial charge in [-0.25, -0.2) is 4.98 Å². The molecule has 164 valence electrons. The van der Waals surface area contributed by atoms with Crippen molar-refractivity contribution in [1.29, 1.82) is 5.26 Å². The predicted molar refractivity (Wildman–Crippen MR) is 118 cm³/mol. The minimum absolute atomic E-state index is 0.240. The Kier molecular flexibility index (Phi) is 6.46. The largest absolute Gasteiger partial charge is 0.357 e. The van der Waals surface area contributed by atoms with Crippen molar-refractivity contribution < 1.29 is 9.59 Å². The summed E-state index contributed by atoms with van der Waals surface area (Å²) in [4.78, 5) is 32.6. The van der Waals surface area contributed by atoms with E-state index >= 15 is 0 Å². The molecule has 2 amide bonds. The SMILES string of the molecule is CNC(=O)C(NC(=O)c1nc(-c2ccc(C#N)cc2)n2c1CN(C)CCC2)C(C)(C)C. The van der Waals surface area contributed by atoms with Crippen LogP contribution in [0.3, 0.4) is 0 Å². The highest BCUT2D eigenvalue weighted by Crippen LogP contribution is 2.27. The quantitative estimate of drug-likeness (QED) is 0.786. The second-order valence-electron chi connectivity index (χ2n) is 9.05. The van der Waals surface area contributed by atoms with Crippen LogP contribution in [0.1, 0.15) is 48.9 Å². The van der Waals surface area contributed by atoms with Crippen LogP contribution < -0.4 is 10.6 Å². The molecule has 1 aromatic carbocycles. The Balaban J connectivity index is 2.05. The Bertz CT molecular complexity index is 1010. The van der Waals surface area contributed by atoms with Crippen LogP contribution in [0.2, 0.25) is 0 Å². The van der Waals surface area contributed by atoms with E-state index in [9.17, 15) is 9.59 Å². The van der Waals surface area contributed by atoms with Crippen LogP contribution in [-0.4, -0.2) is 52.9 Å². The number of hydrogen-bond acceptors (Lipinski definition) is 5. The number of fused-ring (bicyclic) bond motifs is 1. The van der Waals surface area contributed by atoms with Crippen molar-refractivity contribution in [2.75, 3.05) is 20.6 Å². The highest BCUT2D eigenvalue weighted by atomic mass is 16.2. The van der Waals surface area contributed by atoms with E-state index in [2.05, 4.69) is 26.2 Å². The lowest BCUT2D eigenvalue weighted by Gasteiger charge is -2.29. The number of hydrogen-bond donors (Lipinski definition) is 2. The zero-order chi connectivity index (χ0) is 22.8. The molecule has 0 saturated carbocycles. The maximum atomic E-state index is 13.3. The van der Waals surface area contributed by atoms with Crippen LogP contribution in [0.25, 0.3) is 11.4 Å². The molecule has 1 aliphatic rings. The van der Waals surface area contributed by atoms with Gasteiger partial charge in [-0.1, -0.05) is 20.8 Å². The summed E-state index contributed by atoms with van der Waals surface area (Å²) in [5, 5.41) is 14.6. The lowest BCUT2D eigenvalue weighted by Crippen LogP contribution is -2.53. The first-order valence-corrected chi connectivity index (χ1v) is 10.5. The van der Waals surface area contributed by atoms with Gasteiger partial charge >= 0.3 is 0 Å². The zero-order valence-corrected chi connectivity index (χ0v) is 18.8. The van der Waals surface area contributed by atoms with Crippen molar-refractivity contribution in [2.45, 2.75) is 46.3 Å². The molecule has 1 aliphatic heterocycles. The van der Waals surface area contributed by atoms with Gasteiger partial charge in [0.15, 0.2) is 5.69 Å². The molecule has 0 bridgehead atoms. The number of nitrogens with zero attached hydrogens (tertiary/aromatic N) is 4. The van der Waals surface area contributed by atoms with E-state index in [1.54, 1.807) is 19.2 Å². The fraction of sp³-hybridized carbons (Fsp3) is 0.478. The summed E-state index contributed by atoms with van der Waals surface area (Å²) in [6.07, 6.45) is 0.938. The van der Waals surface area contributed by atoms with Crippen LogP contribution in [0.5, 0.6) is 0 Å². The first-order chi connectivity index (χ1) is 14.7. The molecule has 3 rings (SSSR count). The number of aromatic nitrogens is 2. The van der Waals surface area contributed by atoms with E-state index in [0.29, 0.717) is 23.6 Å². The first-order valence-electron chi connectivity index (χ1n) is 10.5. The predicted octanol–water partition coefficient (Wildman–Crippen LogP) is 2.15. The molecule has 1 unspecified atom stereocenters. The summed E-state index contributed by atoms with van der Waals surface area (Å²) in [5.74, 6) is 0.102. The molecule has 0 saturated heterocycles. The summed E-state index contributed by atoms with van der Waals surface area (Å²) in [6.45, 7) is 7.99.